The van der Waals surface area contributed by atoms with Gasteiger partial charge < -0.3 is 5.32 Å². The zero-order valence-electron chi connectivity index (χ0n) is 11.4. The van der Waals surface area contributed by atoms with Crippen LogP contribution in [0.5, 0.6) is 0 Å². The molecule has 18 heavy (non-hydrogen) atoms. The van der Waals surface area contributed by atoms with Gasteiger partial charge in [-0.3, -0.25) is 9.69 Å². The topological polar surface area (TPSA) is 32.3 Å². The molecule has 98 valence electrons. The van der Waals surface area contributed by atoms with Gasteiger partial charge in [-0.2, -0.15) is 0 Å². The average molecular weight is 246 g/mol. The first-order valence-corrected chi connectivity index (χ1v) is 6.61. The second-order valence-corrected chi connectivity index (χ2v) is 5.86. The molecule has 0 saturated carbocycles. The quantitative estimate of drug-likeness (QED) is 0.870. The van der Waals surface area contributed by atoms with Crippen LogP contribution in [0.25, 0.3) is 0 Å². The van der Waals surface area contributed by atoms with E-state index in [2.05, 4.69) is 31.0 Å². The zero-order valence-corrected chi connectivity index (χ0v) is 11.4. The highest BCUT2D eigenvalue weighted by Crippen LogP contribution is 2.24. The maximum absolute atomic E-state index is 12.1. The van der Waals surface area contributed by atoms with E-state index in [0.29, 0.717) is 0 Å². The van der Waals surface area contributed by atoms with Crippen molar-refractivity contribution in [3.05, 3.63) is 35.9 Å². The van der Waals surface area contributed by atoms with Gasteiger partial charge in [-0.1, -0.05) is 18.2 Å². The van der Waals surface area contributed by atoms with Crippen molar-refractivity contribution in [3.8, 4) is 0 Å². The Morgan fingerprint density at radius 3 is 2.56 bits per heavy atom. The molecule has 1 aromatic carbocycles. The van der Waals surface area contributed by atoms with E-state index in [1.807, 2.05) is 30.3 Å². The molecule has 0 aliphatic carbocycles. The molecule has 1 atom stereocenters. The minimum atomic E-state index is 0.0248. The summed E-state index contributed by atoms with van der Waals surface area (Å²) in [4.78, 5) is 14.5. The summed E-state index contributed by atoms with van der Waals surface area (Å²) in [5.74, 6) is 0.0248. The fourth-order valence-electron chi connectivity index (χ4n) is 2.54. The van der Waals surface area contributed by atoms with E-state index < -0.39 is 0 Å². The molecule has 3 heteroatoms. The molecule has 1 N–H and O–H groups in total. The van der Waals surface area contributed by atoms with Crippen LogP contribution in [-0.4, -0.2) is 29.1 Å². The van der Waals surface area contributed by atoms with Gasteiger partial charge in [0, 0.05) is 17.6 Å². The lowest BCUT2D eigenvalue weighted by Gasteiger charge is -2.37. The van der Waals surface area contributed by atoms with Crippen LogP contribution in [0.3, 0.4) is 0 Å². The lowest BCUT2D eigenvalue weighted by atomic mass is 10.1. The van der Waals surface area contributed by atoms with Gasteiger partial charge in [0.2, 0.25) is 0 Å². The fourth-order valence-corrected chi connectivity index (χ4v) is 2.54. The summed E-state index contributed by atoms with van der Waals surface area (Å²) in [5.41, 5.74) is 0.837. The van der Waals surface area contributed by atoms with Gasteiger partial charge in [0.05, 0.1) is 6.17 Å². The van der Waals surface area contributed by atoms with Gasteiger partial charge >= 0.3 is 0 Å². The van der Waals surface area contributed by atoms with E-state index in [-0.39, 0.29) is 17.6 Å². The van der Waals surface area contributed by atoms with Crippen molar-refractivity contribution in [2.75, 3.05) is 6.54 Å². The van der Waals surface area contributed by atoms with E-state index in [0.717, 1.165) is 24.9 Å². The Morgan fingerprint density at radius 2 is 1.94 bits per heavy atom. The number of rotatable bonds is 2. The summed E-state index contributed by atoms with van der Waals surface area (Å²) in [7, 11) is 0. The minimum Gasteiger partial charge on any atom is -0.336 e. The maximum atomic E-state index is 12.1. The first-order valence-electron chi connectivity index (χ1n) is 6.61. The normalized spacial score (nSPS) is 20.9. The van der Waals surface area contributed by atoms with E-state index in [1.54, 1.807) is 0 Å². The first kappa shape index (κ1) is 13.1. The second-order valence-electron chi connectivity index (χ2n) is 5.86. The molecule has 0 aromatic heterocycles. The Hall–Kier alpha value is -1.35. The molecule has 1 amide bonds. The van der Waals surface area contributed by atoms with Crippen LogP contribution >= 0.6 is 0 Å². The van der Waals surface area contributed by atoms with Gasteiger partial charge in [0.25, 0.3) is 5.91 Å². The molecule has 2 rings (SSSR count). The Kier molecular flexibility index (Phi) is 3.71. The number of nitrogens with zero attached hydrogens (tertiary/aromatic N) is 1. The Labute approximate surface area is 109 Å². The Bertz CT molecular complexity index is 408. The molecular formula is C15H22N2O. The zero-order chi connectivity index (χ0) is 13.2. The van der Waals surface area contributed by atoms with Crippen molar-refractivity contribution in [1.82, 2.24) is 10.2 Å². The summed E-state index contributed by atoms with van der Waals surface area (Å²) in [6.45, 7) is 7.64. The van der Waals surface area contributed by atoms with E-state index in [1.165, 1.54) is 0 Å². The molecule has 1 aliphatic rings. The SMILES string of the molecule is CC(C)(C)N1CCCC1NC(=O)c1ccccc1. The maximum Gasteiger partial charge on any atom is 0.252 e. The lowest BCUT2D eigenvalue weighted by molar-refractivity contribution is 0.0748. The number of hydrogen-bond donors (Lipinski definition) is 1. The molecule has 1 saturated heterocycles. The highest BCUT2D eigenvalue weighted by molar-refractivity contribution is 5.94. The standard InChI is InChI=1S/C15H22N2O/c1-15(2,3)17-11-7-10-13(17)16-14(18)12-8-5-4-6-9-12/h4-6,8-9,13H,7,10-11H2,1-3H3,(H,16,18). The number of amides is 1. The van der Waals surface area contributed by atoms with Crippen molar-refractivity contribution in [2.45, 2.75) is 45.3 Å². The van der Waals surface area contributed by atoms with Crippen LogP contribution in [0.1, 0.15) is 44.0 Å². The first-order chi connectivity index (χ1) is 8.48. The summed E-state index contributed by atoms with van der Waals surface area (Å²) < 4.78 is 0. The van der Waals surface area contributed by atoms with Crippen LogP contribution in [-0.2, 0) is 0 Å². The second kappa shape index (κ2) is 5.11. The lowest BCUT2D eigenvalue weighted by Crippen LogP contribution is -2.52. The molecule has 0 bridgehead atoms. The van der Waals surface area contributed by atoms with Crippen LogP contribution < -0.4 is 5.32 Å². The molecular weight excluding hydrogens is 224 g/mol. The Morgan fingerprint density at radius 1 is 1.28 bits per heavy atom. The third kappa shape index (κ3) is 2.91. The molecule has 1 heterocycles. The van der Waals surface area contributed by atoms with Crippen molar-refractivity contribution >= 4 is 5.91 Å². The van der Waals surface area contributed by atoms with Crippen molar-refractivity contribution in [1.29, 1.82) is 0 Å². The number of nitrogens with one attached hydrogen (secondary N) is 1. The predicted octanol–water partition coefficient (Wildman–Crippen LogP) is 2.64. The van der Waals surface area contributed by atoms with E-state index >= 15 is 0 Å². The van der Waals surface area contributed by atoms with Crippen molar-refractivity contribution in [2.24, 2.45) is 0 Å². The third-order valence-corrected chi connectivity index (χ3v) is 3.45. The fraction of sp³-hybridized carbons (Fsp3) is 0.533. The van der Waals surface area contributed by atoms with Gasteiger partial charge in [0.1, 0.15) is 0 Å². The monoisotopic (exact) mass is 246 g/mol. The predicted molar refractivity (Wildman–Crippen MR) is 73.4 cm³/mol. The summed E-state index contributed by atoms with van der Waals surface area (Å²) in [5, 5.41) is 3.14. The number of likely N-dealkylation sites (tertiary alicyclic amines) is 1. The van der Waals surface area contributed by atoms with Crippen LogP contribution in [0.4, 0.5) is 0 Å². The third-order valence-electron chi connectivity index (χ3n) is 3.45. The molecule has 1 unspecified atom stereocenters. The average Bonchev–Trinajstić information content (AvgIpc) is 2.78. The van der Waals surface area contributed by atoms with Gasteiger partial charge in [0.15, 0.2) is 0 Å². The summed E-state index contributed by atoms with van der Waals surface area (Å²) >= 11 is 0. The van der Waals surface area contributed by atoms with Gasteiger partial charge in [-0.25, -0.2) is 0 Å². The minimum absolute atomic E-state index is 0.0248. The van der Waals surface area contributed by atoms with Crippen molar-refractivity contribution in [3.63, 3.8) is 0 Å². The van der Waals surface area contributed by atoms with Crippen LogP contribution in [0, 0.1) is 0 Å². The Balaban J connectivity index is 2.03. The smallest absolute Gasteiger partial charge is 0.252 e. The van der Waals surface area contributed by atoms with Gasteiger partial charge in [-0.05, 0) is 45.7 Å². The largest absolute Gasteiger partial charge is 0.336 e. The molecule has 1 fully saturated rings. The molecule has 3 nitrogen and oxygen atoms in total. The number of carbonyl (C=O) groups excluding carboxylic acids is 1. The number of carbonyl (C=O) groups is 1. The number of benzene rings is 1. The van der Waals surface area contributed by atoms with Crippen LogP contribution in [0.15, 0.2) is 30.3 Å². The highest BCUT2D eigenvalue weighted by atomic mass is 16.1. The van der Waals surface area contributed by atoms with Crippen molar-refractivity contribution < 1.29 is 4.79 Å². The molecule has 1 aromatic rings. The van der Waals surface area contributed by atoms with E-state index in [9.17, 15) is 4.79 Å². The van der Waals surface area contributed by atoms with Gasteiger partial charge in [-0.15, -0.1) is 0 Å². The summed E-state index contributed by atoms with van der Waals surface area (Å²) in [6.07, 6.45) is 2.35. The van der Waals surface area contributed by atoms with E-state index in [4.69, 9.17) is 0 Å². The highest BCUT2D eigenvalue weighted by Gasteiger charge is 2.33. The molecule has 1 aliphatic heterocycles. The molecule has 0 radical (unpaired) electrons. The summed E-state index contributed by atoms with van der Waals surface area (Å²) in [6, 6.07) is 9.42. The molecule has 0 spiro atoms. The van der Waals surface area contributed by atoms with Crippen LogP contribution in [0.2, 0.25) is 0 Å². The number of hydrogen-bond acceptors (Lipinski definition) is 2.